The van der Waals surface area contributed by atoms with Gasteiger partial charge < -0.3 is 10.2 Å². The van der Waals surface area contributed by atoms with Gasteiger partial charge in [-0.1, -0.05) is 24.3 Å². The average molecular weight is 351 g/mol. The van der Waals surface area contributed by atoms with Crippen molar-refractivity contribution in [3.8, 4) is 0 Å². The third kappa shape index (κ3) is 3.42. The van der Waals surface area contributed by atoms with Gasteiger partial charge in [0.2, 0.25) is 5.91 Å². The zero-order valence-electron chi connectivity index (χ0n) is 15.0. The molecule has 1 atom stereocenters. The average Bonchev–Trinajstić information content (AvgIpc) is 2.65. The van der Waals surface area contributed by atoms with Crippen LogP contribution in [0.2, 0.25) is 0 Å². The van der Waals surface area contributed by atoms with Gasteiger partial charge in [-0.15, -0.1) is 5.10 Å². The fourth-order valence-electron chi connectivity index (χ4n) is 2.74. The summed E-state index contributed by atoms with van der Waals surface area (Å²) in [6.07, 6.45) is 0.425. The van der Waals surface area contributed by atoms with Gasteiger partial charge in [-0.05, 0) is 42.8 Å². The lowest BCUT2D eigenvalue weighted by Gasteiger charge is -2.17. The molecular weight excluding hydrogens is 330 g/mol. The summed E-state index contributed by atoms with van der Waals surface area (Å²) in [4.78, 5) is 27.4. The molecule has 0 radical (unpaired) electrons. The van der Waals surface area contributed by atoms with Crippen molar-refractivity contribution in [3.05, 3.63) is 58.9 Å². The van der Waals surface area contributed by atoms with E-state index in [4.69, 9.17) is 0 Å². The van der Waals surface area contributed by atoms with Crippen LogP contribution in [0.5, 0.6) is 0 Å². The van der Waals surface area contributed by atoms with Crippen LogP contribution in [0.25, 0.3) is 10.9 Å². The molecule has 3 aromatic rings. The molecule has 7 heteroatoms. The van der Waals surface area contributed by atoms with Crippen molar-refractivity contribution in [3.63, 3.8) is 0 Å². The number of anilines is 2. The Morgan fingerprint density at radius 2 is 1.85 bits per heavy atom. The Labute approximate surface area is 151 Å². The van der Waals surface area contributed by atoms with Crippen molar-refractivity contribution < 1.29 is 4.79 Å². The summed E-state index contributed by atoms with van der Waals surface area (Å²) in [7, 11) is 3.90. The van der Waals surface area contributed by atoms with E-state index in [2.05, 4.69) is 15.6 Å². The van der Waals surface area contributed by atoms with E-state index >= 15 is 0 Å². The minimum Gasteiger partial charge on any atom is -0.378 e. The van der Waals surface area contributed by atoms with Crippen LogP contribution in [0.1, 0.15) is 19.4 Å². The highest BCUT2D eigenvalue weighted by molar-refractivity contribution is 5.94. The van der Waals surface area contributed by atoms with Gasteiger partial charge in [0, 0.05) is 25.5 Å². The summed E-state index contributed by atoms with van der Waals surface area (Å²) < 4.78 is 1.16. The smallest absolute Gasteiger partial charge is 0.278 e. The molecule has 7 nitrogen and oxygen atoms in total. The van der Waals surface area contributed by atoms with Crippen LogP contribution in [0.15, 0.2) is 53.3 Å². The van der Waals surface area contributed by atoms with Crippen molar-refractivity contribution in [2.45, 2.75) is 19.4 Å². The van der Waals surface area contributed by atoms with Crippen LogP contribution in [0.3, 0.4) is 0 Å². The molecule has 2 aromatic carbocycles. The summed E-state index contributed by atoms with van der Waals surface area (Å²) in [6, 6.07) is 13.7. The molecular formula is C19H21N5O2. The van der Waals surface area contributed by atoms with Crippen LogP contribution < -0.4 is 15.8 Å². The topological polar surface area (TPSA) is 80.1 Å². The molecule has 1 amide bonds. The number of nitrogens with zero attached hydrogens (tertiary/aromatic N) is 4. The number of nitrogens with one attached hydrogen (secondary N) is 1. The zero-order valence-corrected chi connectivity index (χ0v) is 15.0. The molecule has 1 N–H and O–H groups in total. The Bertz CT molecular complexity index is 979. The Kier molecular flexibility index (Phi) is 4.97. The van der Waals surface area contributed by atoms with Gasteiger partial charge in [0.05, 0.1) is 5.39 Å². The second-order valence-corrected chi connectivity index (χ2v) is 6.21. The van der Waals surface area contributed by atoms with E-state index in [0.717, 1.165) is 10.4 Å². The standard InChI is InChI=1S/C19H21N5O2/c1-4-17(18(25)20-13-9-11-14(12-10-13)23(2)3)24-19(26)15-7-5-6-8-16(15)21-22-24/h5-12,17H,4H2,1-3H3,(H,20,25)/t17-/m0/s1. The maximum atomic E-state index is 12.7. The molecule has 0 aliphatic heterocycles. The SMILES string of the molecule is CC[C@@H](C(=O)Nc1ccc(N(C)C)cc1)n1nnc2ccccc2c1=O. The molecule has 134 valence electrons. The number of fused-ring (bicyclic) bond motifs is 1. The molecule has 0 spiro atoms. The molecule has 3 rings (SSSR count). The summed E-state index contributed by atoms with van der Waals surface area (Å²) in [5, 5.41) is 11.3. The van der Waals surface area contributed by atoms with Crippen LogP contribution >= 0.6 is 0 Å². The minimum atomic E-state index is -0.729. The molecule has 0 aliphatic carbocycles. The fourth-order valence-corrected chi connectivity index (χ4v) is 2.74. The molecule has 1 aromatic heterocycles. The first kappa shape index (κ1) is 17.6. The molecule has 1 heterocycles. The summed E-state index contributed by atoms with van der Waals surface area (Å²) in [6.45, 7) is 1.84. The predicted molar refractivity (Wildman–Crippen MR) is 103 cm³/mol. The third-order valence-electron chi connectivity index (χ3n) is 4.23. The summed E-state index contributed by atoms with van der Waals surface area (Å²) in [5.74, 6) is -0.295. The number of hydrogen-bond acceptors (Lipinski definition) is 5. The molecule has 26 heavy (non-hydrogen) atoms. The van der Waals surface area contributed by atoms with Crippen molar-refractivity contribution in [1.29, 1.82) is 0 Å². The van der Waals surface area contributed by atoms with E-state index in [9.17, 15) is 9.59 Å². The van der Waals surface area contributed by atoms with Gasteiger partial charge in [0.25, 0.3) is 5.56 Å². The number of carbonyl (C=O) groups is 1. The second kappa shape index (κ2) is 7.35. The van der Waals surface area contributed by atoms with Crippen LogP contribution in [0, 0.1) is 0 Å². The molecule has 0 aliphatic rings. The second-order valence-electron chi connectivity index (χ2n) is 6.21. The Morgan fingerprint density at radius 3 is 2.50 bits per heavy atom. The maximum absolute atomic E-state index is 12.7. The first-order chi connectivity index (χ1) is 12.5. The Morgan fingerprint density at radius 1 is 1.15 bits per heavy atom. The number of rotatable bonds is 5. The Hall–Kier alpha value is -3.22. The van der Waals surface area contributed by atoms with E-state index in [1.807, 2.05) is 50.2 Å². The zero-order chi connectivity index (χ0) is 18.7. The maximum Gasteiger partial charge on any atom is 0.278 e. The van der Waals surface area contributed by atoms with Gasteiger partial charge >= 0.3 is 0 Å². The van der Waals surface area contributed by atoms with Crippen LogP contribution in [-0.2, 0) is 4.79 Å². The van der Waals surface area contributed by atoms with E-state index < -0.39 is 6.04 Å². The number of carbonyl (C=O) groups excluding carboxylic acids is 1. The monoisotopic (exact) mass is 351 g/mol. The lowest BCUT2D eigenvalue weighted by atomic mass is 10.2. The summed E-state index contributed by atoms with van der Waals surface area (Å²) >= 11 is 0. The summed E-state index contributed by atoms with van der Waals surface area (Å²) in [5.41, 5.74) is 1.90. The minimum absolute atomic E-state index is 0.295. The number of benzene rings is 2. The highest BCUT2D eigenvalue weighted by Crippen LogP contribution is 2.18. The van der Waals surface area contributed by atoms with Crippen molar-refractivity contribution >= 4 is 28.2 Å². The number of aromatic nitrogens is 3. The third-order valence-corrected chi connectivity index (χ3v) is 4.23. The first-order valence-electron chi connectivity index (χ1n) is 8.43. The van der Waals surface area contributed by atoms with Crippen molar-refractivity contribution in [2.24, 2.45) is 0 Å². The van der Waals surface area contributed by atoms with Gasteiger partial charge in [0.15, 0.2) is 0 Å². The Balaban J connectivity index is 1.87. The quantitative estimate of drug-likeness (QED) is 0.764. The predicted octanol–water partition coefficient (Wildman–Crippen LogP) is 2.45. The number of amides is 1. The van der Waals surface area contributed by atoms with Crippen molar-refractivity contribution in [2.75, 3.05) is 24.3 Å². The molecule has 0 bridgehead atoms. The molecule has 0 saturated carbocycles. The van der Waals surface area contributed by atoms with E-state index in [1.165, 1.54) is 0 Å². The lowest BCUT2D eigenvalue weighted by Crippen LogP contribution is -2.35. The van der Waals surface area contributed by atoms with Crippen LogP contribution in [0.4, 0.5) is 11.4 Å². The largest absolute Gasteiger partial charge is 0.378 e. The van der Waals surface area contributed by atoms with E-state index in [-0.39, 0.29) is 11.5 Å². The number of hydrogen-bond donors (Lipinski definition) is 1. The first-order valence-corrected chi connectivity index (χ1v) is 8.43. The van der Waals surface area contributed by atoms with Gasteiger partial charge in [0.1, 0.15) is 11.6 Å². The van der Waals surface area contributed by atoms with Gasteiger partial charge in [-0.25, -0.2) is 0 Å². The molecule has 0 saturated heterocycles. The fraction of sp³-hybridized carbons (Fsp3) is 0.263. The van der Waals surface area contributed by atoms with E-state index in [1.54, 1.807) is 24.3 Å². The van der Waals surface area contributed by atoms with Crippen molar-refractivity contribution in [1.82, 2.24) is 15.0 Å². The molecule has 0 fully saturated rings. The van der Waals surface area contributed by atoms with Gasteiger partial charge in [-0.2, -0.15) is 4.68 Å². The van der Waals surface area contributed by atoms with Gasteiger partial charge in [-0.3, -0.25) is 9.59 Å². The lowest BCUT2D eigenvalue weighted by molar-refractivity contribution is -0.119. The van der Waals surface area contributed by atoms with Crippen LogP contribution in [-0.4, -0.2) is 35.0 Å². The molecule has 0 unspecified atom stereocenters. The highest BCUT2D eigenvalue weighted by atomic mass is 16.2. The van der Waals surface area contributed by atoms with E-state index in [0.29, 0.717) is 23.0 Å². The normalized spacial score (nSPS) is 12.0. The highest BCUT2D eigenvalue weighted by Gasteiger charge is 2.22.